The highest BCUT2D eigenvalue weighted by molar-refractivity contribution is 7.09. The molecule has 2 N–H and O–H groups in total. The second-order valence-corrected chi connectivity index (χ2v) is 4.12. The number of nitrogens with one attached hydrogen (secondary N) is 1. The zero-order valence-electron chi connectivity index (χ0n) is 8.03. The molecular formula is C9H16N2OS. The normalized spacial score (nSPS) is 15.6. The van der Waals surface area contributed by atoms with Crippen molar-refractivity contribution < 1.29 is 5.11 Å². The van der Waals surface area contributed by atoms with Gasteiger partial charge in [0.1, 0.15) is 0 Å². The Morgan fingerprint density at radius 2 is 2.38 bits per heavy atom. The van der Waals surface area contributed by atoms with E-state index in [0.29, 0.717) is 12.1 Å². The molecule has 0 aliphatic heterocycles. The van der Waals surface area contributed by atoms with E-state index in [0.717, 1.165) is 6.42 Å². The molecule has 0 aliphatic rings. The van der Waals surface area contributed by atoms with Crippen LogP contribution in [0, 0.1) is 0 Å². The van der Waals surface area contributed by atoms with Crippen molar-refractivity contribution in [3.05, 3.63) is 16.6 Å². The van der Waals surface area contributed by atoms with Crippen molar-refractivity contribution in [1.29, 1.82) is 0 Å². The lowest BCUT2D eigenvalue weighted by Gasteiger charge is -2.17. The van der Waals surface area contributed by atoms with E-state index in [9.17, 15) is 0 Å². The summed E-state index contributed by atoms with van der Waals surface area (Å²) >= 11 is 1.65. The summed E-state index contributed by atoms with van der Waals surface area (Å²) in [6.45, 7) is 4.43. The zero-order chi connectivity index (χ0) is 9.68. The summed E-state index contributed by atoms with van der Waals surface area (Å²) in [4.78, 5) is 5.27. The first-order chi connectivity index (χ1) is 6.24. The van der Waals surface area contributed by atoms with Crippen molar-refractivity contribution >= 4 is 11.3 Å². The molecule has 1 rings (SSSR count). The van der Waals surface area contributed by atoms with Crippen LogP contribution in [0.15, 0.2) is 11.7 Å². The van der Waals surface area contributed by atoms with Gasteiger partial charge in [-0.25, -0.2) is 0 Å². The summed E-state index contributed by atoms with van der Waals surface area (Å²) in [5.41, 5.74) is 1.84. The number of rotatable bonds is 5. The van der Waals surface area contributed by atoms with Crippen molar-refractivity contribution in [2.45, 2.75) is 32.4 Å². The molecule has 74 valence electrons. The molecule has 0 radical (unpaired) electrons. The number of aliphatic hydroxyl groups is 1. The van der Waals surface area contributed by atoms with Gasteiger partial charge in [0, 0.05) is 29.8 Å². The third kappa shape index (κ3) is 3.42. The molecule has 13 heavy (non-hydrogen) atoms. The van der Waals surface area contributed by atoms with Crippen molar-refractivity contribution in [2.75, 3.05) is 6.61 Å². The molecule has 0 aliphatic carbocycles. The summed E-state index contributed by atoms with van der Waals surface area (Å²) in [6.07, 6.45) is 2.68. The number of hydrogen-bond donors (Lipinski definition) is 2. The summed E-state index contributed by atoms with van der Waals surface area (Å²) in [7, 11) is 0. The van der Waals surface area contributed by atoms with Crippen LogP contribution in [0.1, 0.15) is 31.2 Å². The first kappa shape index (κ1) is 10.6. The van der Waals surface area contributed by atoms with E-state index in [1.807, 2.05) is 11.7 Å². The van der Waals surface area contributed by atoms with Gasteiger partial charge in [-0.15, -0.1) is 11.3 Å². The molecule has 0 saturated heterocycles. The van der Waals surface area contributed by atoms with Gasteiger partial charge in [0.2, 0.25) is 0 Å². The molecule has 0 spiro atoms. The van der Waals surface area contributed by atoms with Crippen LogP contribution < -0.4 is 5.32 Å². The van der Waals surface area contributed by atoms with Crippen LogP contribution >= 0.6 is 11.3 Å². The lowest BCUT2D eigenvalue weighted by Crippen LogP contribution is -2.29. The Hall–Kier alpha value is -0.450. The minimum atomic E-state index is 0.240. The molecular weight excluding hydrogens is 184 g/mol. The fourth-order valence-electron chi connectivity index (χ4n) is 1.23. The third-order valence-electron chi connectivity index (χ3n) is 1.97. The Bertz CT molecular complexity index is 226. The van der Waals surface area contributed by atoms with E-state index < -0.39 is 0 Å². The van der Waals surface area contributed by atoms with Gasteiger partial charge < -0.3 is 10.4 Å². The summed E-state index contributed by atoms with van der Waals surface area (Å²) in [5.74, 6) is 0. The van der Waals surface area contributed by atoms with Gasteiger partial charge in [0.25, 0.3) is 0 Å². The Morgan fingerprint density at radius 3 is 2.92 bits per heavy atom. The minimum Gasteiger partial charge on any atom is -0.396 e. The highest BCUT2D eigenvalue weighted by atomic mass is 32.1. The van der Waals surface area contributed by atoms with Crippen molar-refractivity contribution in [3.63, 3.8) is 0 Å². The maximum absolute atomic E-state index is 8.73. The molecule has 4 heteroatoms. The standard InChI is InChI=1S/C9H16N2OS/c1-7(3-4-12)11-8(2)9-5-10-6-13-9/h5-8,11-12H,3-4H2,1-2H3/t7-,8?/m1/s1. The predicted octanol–water partition coefficient (Wildman–Crippen LogP) is 1.56. The highest BCUT2D eigenvalue weighted by Gasteiger charge is 2.09. The van der Waals surface area contributed by atoms with Gasteiger partial charge in [0.05, 0.1) is 5.51 Å². The topological polar surface area (TPSA) is 45.1 Å². The smallest absolute Gasteiger partial charge is 0.0794 e. The molecule has 3 nitrogen and oxygen atoms in total. The number of hydrogen-bond acceptors (Lipinski definition) is 4. The Balaban J connectivity index is 2.37. The van der Waals surface area contributed by atoms with Gasteiger partial charge in [-0.3, -0.25) is 4.98 Å². The van der Waals surface area contributed by atoms with Gasteiger partial charge in [-0.1, -0.05) is 0 Å². The Labute approximate surface area is 82.8 Å². The summed E-state index contributed by atoms with van der Waals surface area (Å²) < 4.78 is 0. The van der Waals surface area contributed by atoms with Crippen LogP contribution in [0.4, 0.5) is 0 Å². The largest absolute Gasteiger partial charge is 0.396 e. The average Bonchev–Trinajstić information content (AvgIpc) is 2.55. The van der Waals surface area contributed by atoms with Crippen LogP contribution in [0.25, 0.3) is 0 Å². The Kier molecular flexibility index (Phi) is 4.35. The van der Waals surface area contributed by atoms with Gasteiger partial charge in [0.15, 0.2) is 0 Å². The third-order valence-corrected chi connectivity index (χ3v) is 2.93. The van der Waals surface area contributed by atoms with Crippen molar-refractivity contribution in [3.8, 4) is 0 Å². The number of aromatic nitrogens is 1. The molecule has 0 saturated carbocycles. The molecule has 0 aromatic carbocycles. The van der Waals surface area contributed by atoms with E-state index >= 15 is 0 Å². The van der Waals surface area contributed by atoms with Gasteiger partial charge >= 0.3 is 0 Å². The van der Waals surface area contributed by atoms with Crippen LogP contribution in [-0.2, 0) is 0 Å². The molecule has 2 atom stereocenters. The lowest BCUT2D eigenvalue weighted by molar-refractivity contribution is 0.265. The maximum atomic E-state index is 8.73. The Morgan fingerprint density at radius 1 is 1.62 bits per heavy atom. The van der Waals surface area contributed by atoms with E-state index in [-0.39, 0.29) is 6.61 Å². The van der Waals surface area contributed by atoms with E-state index in [1.54, 1.807) is 11.3 Å². The summed E-state index contributed by atoms with van der Waals surface area (Å²) in [6, 6.07) is 0.677. The maximum Gasteiger partial charge on any atom is 0.0794 e. The highest BCUT2D eigenvalue weighted by Crippen LogP contribution is 2.16. The first-order valence-electron chi connectivity index (χ1n) is 4.49. The molecule has 0 fully saturated rings. The molecule has 1 aromatic heterocycles. The zero-order valence-corrected chi connectivity index (χ0v) is 8.84. The average molecular weight is 200 g/mol. The molecule has 1 unspecified atom stereocenters. The van der Waals surface area contributed by atoms with Gasteiger partial charge in [-0.2, -0.15) is 0 Å². The second-order valence-electron chi connectivity index (χ2n) is 3.21. The van der Waals surface area contributed by atoms with E-state index in [2.05, 4.69) is 24.1 Å². The minimum absolute atomic E-state index is 0.240. The number of thiazole rings is 1. The predicted molar refractivity (Wildman–Crippen MR) is 54.8 cm³/mol. The van der Waals surface area contributed by atoms with Crippen molar-refractivity contribution in [1.82, 2.24) is 10.3 Å². The molecule has 1 aromatic rings. The second kappa shape index (κ2) is 5.32. The van der Waals surface area contributed by atoms with E-state index in [1.165, 1.54) is 4.88 Å². The van der Waals surface area contributed by atoms with Crippen LogP contribution in [-0.4, -0.2) is 22.7 Å². The van der Waals surface area contributed by atoms with Crippen LogP contribution in [0.2, 0.25) is 0 Å². The van der Waals surface area contributed by atoms with Crippen molar-refractivity contribution in [2.24, 2.45) is 0 Å². The first-order valence-corrected chi connectivity index (χ1v) is 5.37. The SMILES string of the molecule is CC(N[C@H](C)CCO)c1cncs1. The van der Waals surface area contributed by atoms with Crippen LogP contribution in [0.5, 0.6) is 0 Å². The number of nitrogens with zero attached hydrogens (tertiary/aromatic N) is 1. The molecule has 0 amide bonds. The fourth-order valence-corrected chi connectivity index (χ4v) is 1.86. The molecule has 0 bridgehead atoms. The number of aliphatic hydroxyl groups excluding tert-OH is 1. The van der Waals surface area contributed by atoms with Gasteiger partial charge in [-0.05, 0) is 20.3 Å². The summed E-state index contributed by atoms with van der Waals surface area (Å²) in [5, 5.41) is 12.1. The fraction of sp³-hybridized carbons (Fsp3) is 0.667. The monoisotopic (exact) mass is 200 g/mol. The van der Waals surface area contributed by atoms with E-state index in [4.69, 9.17) is 5.11 Å². The quantitative estimate of drug-likeness (QED) is 0.758. The lowest BCUT2D eigenvalue weighted by atomic mass is 10.2. The molecule has 1 heterocycles. The van der Waals surface area contributed by atoms with Crippen LogP contribution in [0.3, 0.4) is 0 Å².